The third-order valence-corrected chi connectivity index (χ3v) is 6.32. The molecule has 7 nitrogen and oxygen atoms in total. The fraction of sp³-hybridized carbons (Fsp3) is 0.429. The van der Waals surface area contributed by atoms with E-state index >= 15 is 0 Å². The third kappa shape index (κ3) is 4.18. The zero-order chi connectivity index (χ0) is 20.6. The van der Waals surface area contributed by atoms with Gasteiger partial charge in [-0.2, -0.15) is 0 Å². The van der Waals surface area contributed by atoms with E-state index in [-0.39, 0.29) is 17.9 Å². The van der Waals surface area contributed by atoms with Gasteiger partial charge in [0.25, 0.3) is 5.91 Å². The average molecular weight is 458 g/mol. The predicted octanol–water partition coefficient (Wildman–Crippen LogP) is 3.64. The Balaban J connectivity index is 1.61. The summed E-state index contributed by atoms with van der Waals surface area (Å²) in [5.74, 6) is 0.459. The van der Waals surface area contributed by atoms with Gasteiger partial charge in [-0.05, 0) is 67.4 Å². The van der Waals surface area contributed by atoms with Crippen molar-refractivity contribution in [2.75, 3.05) is 0 Å². The summed E-state index contributed by atoms with van der Waals surface area (Å²) in [5.41, 5.74) is 0.357. The third-order valence-electron chi connectivity index (χ3n) is 5.68. The first-order valence-corrected chi connectivity index (χ1v) is 10.6. The molecule has 1 aliphatic rings. The number of rotatable bonds is 4. The van der Waals surface area contributed by atoms with Gasteiger partial charge >= 0.3 is 0 Å². The molecule has 29 heavy (non-hydrogen) atoms. The maximum atomic E-state index is 13.1. The molecular formula is C21H24BrN5O2. The van der Waals surface area contributed by atoms with Crippen LogP contribution in [0.1, 0.15) is 50.0 Å². The molecule has 4 rings (SSSR count). The second kappa shape index (κ2) is 7.84. The SMILES string of the molecule is CC(C)(O)[C@H]1CC[C@H](NC(=O)c2nc(-n3ccnc3)nc3c(Br)cccc23)CC1. The highest BCUT2D eigenvalue weighted by Crippen LogP contribution is 2.33. The topological polar surface area (TPSA) is 92.9 Å². The number of hydrogen-bond donors (Lipinski definition) is 2. The number of carbonyl (C=O) groups is 1. The minimum Gasteiger partial charge on any atom is -0.390 e. The van der Waals surface area contributed by atoms with Gasteiger partial charge in [0.05, 0.1) is 11.1 Å². The molecule has 0 aliphatic heterocycles. The number of benzene rings is 1. The van der Waals surface area contributed by atoms with Crippen LogP contribution in [0, 0.1) is 5.92 Å². The summed E-state index contributed by atoms with van der Waals surface area (Å²) < 4.78 is 2.49. The number of amides is 1. The van der Waals surface area contributed by atoms with Crippen LogP contribution in [0.4, 0.5) is 0 Å². The molecule has 0 atom stereocenters. The summed E-state index contributed by atoms with van der Waals surface area (Å²) in [7, 11) is 0. The first kappa shape index (κ1) is 20.0. The van der Waals surface area contributed by atoms with E-state index in [1.54, 1.807) is 23.3 Å². The number of hydrogen-bond acceptors (Lipinski definition) is 5. The summed E-state index contributed by atoms with van der Waals surface area (Å²) in [6.45, 7) is 3.72. The number of halogens is 1. The maximum absolute atomic E-state index is 13.1. The Kier molecular flexibility index (Phi) is 5.40. The van der Waals surface area contributed by atoms with Gasteiger partial charge in [0.15, 0.2) is 0 Å². The zero-order valence-electron chi connectivity index (χ0n) is 16.5. The zero-order valence-corrected chi connectivity index (χ0v) is 18.1. The molecule has 2 heterocycles. The fourth-order valence-corrected chi connectivity index (χ4v) is 4.42. The van der Waals surface area contributed by atoms with E-state index in [1.807, 2.05) is 32.0 Å². The Hall–Kier alpha value is -2.32. The van der Waals surface area contributed by atoms with Crippen LogP contribution in [0.3, 0.4) is 0 Å². The second-order valence-electron chi connectivity index (χ2n) is 8.15. The summed E-state index contributed by atoms with van der Waals surface area (Å²) in [4.78, 5) is 26.3. The molecule has 1 amide bonds. The average Bonchev–Trinajstić information content (AvgIpc) is 3.22. The molecule has 1 aliphatic carbocycles. The van der Waals surface area contributed by atoms with Crippen LogP contribution in [0.5, 0.6) is 0 Å². The quantitative estimate of drug-likeness (QED) is 0.623. The van der Waals surface area contributed by atoms with E-state index in [1.165, 1.54) is 0 Å². The molecular weight excluding hydrogens is 434 g/mol. The number of nitrogens with one attached hydrogen (secondary N) is 1. The molecule has 0 unspecified atom stereocenters. The molecule has 2 aromatic heterocycles. The molecule has 0 spiro atoms. The van der Waals surface area contributed by atoms with E-state index < -0.39 is 5.60 Å². The minimum atomic E-state index is -0.677. The minimum absolute atomic E-state index is 0.0787. The van der Waals surface area contributed by atoms with E-state index in [0.717, 1.165) is 30.2 Å². The van der Waals surface area contributed by atoms with Crippen molar-refractivity contribution in [2.45, 2.75) is 51.2 Å². The number of aromatic nitrogens is 4. The van der Waals surface area contributed by atoms with Gasteiger partial charge in [-0.25, -0.2) is 15.0 Å². The smallest absolute Gasteiger partial charge is 0.270 e. The van der Waals surface area contributed by atoms with E-state index in [2.05, 4.69) is 36.2 Å². The molecule has 1 aromatic carbocycles. The lowest BCUT2D eigenvalue weighted by Gasteiger charge is -2.36. The van der Waals surface area contributed by atoms with Gasteiger partial charge in [-0.15, -0.1) is 0 Å². The predicted molar refractivity (Wildman–Crippen MR) is 114 cm³/mol. The molecule has 0 bridgehead atoms. The second-order valence-corrected chi connectivity index (χ2v) is 9.01. The Morgan fingerprint density at radius 1 is 1.24 bits per heavy atom. The fourth-order valence-electron chi connectivity index (χ4n) is 3.97. The van der Waals surface area contributed by atoms with E-state index in [9.17, 15) is 9.90 Å². The van der Waals surface area contributed by atoms with Gasteiger partial charge in [0, 0.05) is 28.3 Å². The van der Waals surface area contributed by atoms with Crippen molar-refractivity contribution in [2.24, 2.45) is 5.92 Å². The van der Waals surface area contributed by atoms with Crippen molar-refractivity contribution in [3.8, 4) is 5.95 Å². The maximum Gasteiger partial charge on any atom is 0.270 e. The lowest BCUT2D eigenvalue weighted by Crippen LogP contribution is -2.42. The van der Waals surface area contributed by atoms with E-state index in [4.69, 9.17) is 0 Å². The Labute approximate surface area is 177 Å². The molecule has 8 heteroatoms. The molecule has 0 radical (unpaired) electrons. The first-order chi connectivity index (χ1) is 13.8. The van der Waals surface area contributed by atoms with Crippen LogP contribution in [-0.4, -0.2) is 42.2 Å². The van der Waals surface area contributed by atoms with Crippen molar-refractivity contribution in [3.05, 3.63) is 47.1 Å². The number of carbonyl (C=O) groups excluding carboxylic acids is 1. The van der Waals surface area contributed by atoms with Crippen LogP contribution in [0.25, 0.3) is 16.9 Å². The highest BCUT2D eigenvalue weighted by Gasteiger charge is 2.32. The van der Waals surface area contributed by atoms with Crippen LogP contribution >= 0.6 is 15.9 Å². The standard InChI is InChI=1S/C21H24BrN5O2/c1-21(2,29)13-6-8-14(9-7-13)24-19(28)18-15-4-3-5-16(22)17(15)25-20(26-18)27-11-10-23-12-27/h3-5,10-14,29H,6-9H2,1-2H3,(H,24,28)/t13-,14-. The monoisotopic (exact) mass is 457 g/mol. The van der Waals surface area contributed by atoms with Crippen LogP contribution < -0.4 is 5.32 Å². The number of nitrogens with zero attached hydrogens (tertiary/aromatic N) is 4. The van der Waals surface area contributed by atoms with Crippen molar-refractivity contribution in [1.29, 1.82) is 0 Å². The summed E-state index contributed by atoms with van der Waals surface area (Å²) in [6, 6.07) is 5.71. The molecule has 2 N–H and O–H groups in total. The molecule has 1 saturated carbocycles. The van der Waals surface area contributed by atoms with Gasteiger partial charge in [0.1, 0.15) is 12.0 Å². The van der Waals surface area contributed by atoms with Crippen LogP contribution in [0.15, 0.2) is 41.4 Å². The summed E-state index contributed by atoms with van der Waals surface area (Å²) in [6.07, 6.45) is 8.49. The lowest BCUT2D eigenvalue weighted by atomic mass is 9.77. The van der Waals surface area contributed by atoms with Crippen molar-refractivity contribution in [3.63, 3.8) is 0 Å². The lowest BCUT2D eigenvalue weighted by molar-refractivity contribution is -0.00258. The van der Waals surface area contributed by atoms with Crippen LogP contribution in [0.2, 0.25) is 0 Å². The van der Waals surface area contributed by atoms with Crippen molar-refractivity contribution >= 4 is 32.7 Å². The largest absolute Gasteiger partial charge is 0.390 e. The molecule has 152 valence electrons. The Morgan fingerprint density at radius 3 is 2.66 bits per heavy atom. The molecule has 3 aromatic rings. The highest BCUT2D eigenvalue weighted by molar-refractivity contribution is 9.10. The molecule has 1 fully saturated rings. The van der Waals surface area contributed by atoms with Crippen molar-refractivity contribution in [1.82, 2.24) is 24.8 Å². The van der Waals surface area contributed by atoms with Gasteiger partial charge in [0.2, 0.25) is 5.95 Å². The van der Waals surface area contributed by atoms with Gasteiger partial charge in [-0.3, -0.25) is 9.36 Å². The number of fused-ring (bicyclic) bond motifs is 1. The summed E-state index contributed by atoms with van der Waals surface area (Å²) in [5, 5.41) is 14.1. The Bertz CT molecular complexity index is 1020. The number of para-hydroxylation sites is 1. The van der Waals surface area contributed by atoms with Gasteiger partial charge < -0.3 is 10.4 Å². The number of imidazole rings is 1. The first-order valence-electron chi connectivity index (χ1n) is 9.81. The summed E-state index contributed by atoms with van der Waals surface area (Å²) >= 11 is 3.53. The van der Waals surface area contributed by atoms with E-state index in [0.29, 0.717) is 22.5 Å². The van der Waals surface area contributed by atoms with Crippen LogP contribution in [-0.2, 0) is 0 Å². The molecule has 0 saturated heterocycles. The van der Waals surface area contributed by atoms with Crippen molar-refractivity contribution < 1.29 is 9.90 Å². The Morgan fingerprint density at radius 2 is 2.00 bits per heavy atom. The highest BCUT2D eigenvalue weighted by atomic mass is 79.9. The number of aliphatic hydroxyl groups is 1. The normalized spacial score (nSPS) is 20.0. The van der Waals surface area contributed by atoms with Gasteiger partial charge in [-0.1, -0.05) is 12.1 Å².